The van der Waals surface area contributed by atoms with Crippen LogP contribution >= 0.6 is 11.8 Å². The molecule has 132 valence electrons. The summed E-state index contributed by atoms with van der Waals surface area (Å²) < 4.78 is 10.9. The van der Waals surface area contributed by atoms with Crippen molar-refractivity contribution in [3.63, 3.8) is 0 Å². The first-order valence-corrected chi connectivity index (χ1v) is 9.26. The average Bonchev–Trinajstić information content (AvgIpc) is 2.66. The zero-order valence-corrected chi connectivity index (χ0v) is 15.6. The van der Waals surface area contributed by atoms with E-state index in [0.29, 0.717) is 12.3 Å². The molecule has 0 aliphatic carbocycles. The molecule has 1 aliphatic heterocycles. The third-order valence-corrected chi connectivity index (χ3v) is 6.15. The van der Waals surface area contributed by atoms with Crippen LogP contribution in [0.3, 0.4) is 0 Å². The lowest BCUT2D eigenvalue weighted by Crippen LogP contribution is -2.49. The molecule has 1 heterocycles. The smallest absolute Gasteiger partial charge is 0.210 e. The second-order valence-corrected chi connectivity index (χ2v) is 7.34. The molecule has 0 saturated heterocycles. The number of carbonyl (C=O) groups is 1. The van der Waals surface area contributed by atoms with E-state index in [1.54, 1.807) is 26.0 Å². The highest BCUT2D eigenvalue weighted by molar-refractivity contribution is 7.99. The highest BCUT2D eigenvalue weighted by atomic mass is 32.2. The molecule has 1 aliphatic rings. The van der Waals surface area contributed by atoms with Gasteiger partial charge in [-0.3, -0.25) is 4.79 Å². The number of benzene rings is 2. The first-order chi connectivity index (χ1) is 12.1. The van der Waals surface area contributed by atoms with Gasteiger partial charge in [-0.05, 0) is 48.7 Å². The Labute approximate surface area is 153 Å². The fourth-order valence-corrected chi connectivity index (χ4v) is 4.46. The second-order valence-electron chi connectivity index (χ2n) is 6.29. The van der Waals surface area contributed by atoms with E-state index in [2.05, 4.69) is 19.1 Å². The molecule has 4 nitrogen and oxygen atoms in total. The van der Waals surface area contributed by atoms with Crippen molar-refractivity contribution >= 4 is 18.2 Å². The lowest BCUT2D eigenvalue weighted by Gasteiger charge is -2.44. The van der Waals surface area contributed by atoms with Crippen LogP contribution in [0.2, 0.25) is 0 Å². The topological polar surface area (TPSA) is 38.8 Å². The molecule has 0 bridgehead atoms. The van der Waals surface area contributed by atoms with Gasteiger partial charge in [-0.25, -0.2) is 0 Å². The van der Waals surface area contributed by atoms with Gasteiger partial charge >= 0.3 is 0 Å². The molecule has 0 N–H and O–H groups in total. The van der Waals surface area contributed by atoms with Gasteiger partial charge in [0, 0.05) is 17.2 Å². The first kappa shape index (κ1) is 17.7. The molecular weight excluding hydrogens is 334 g/mol. The lowest BCUT2D eigenvalue weighted by atomic mass is 9.83. The van der Waals surface area contributed by atoms with Crippen molar-refractivity contribution in [3.05, 3.63) is 53.6 Å². The fraction of sp³-hybridized carbons (Fsp3) is 0.350. The Morgan fingerprint density at radius 3 is 2.48 bits per heavy atom. The Hall–Kier alpha value is -2.14. The van der Waals surface area contributed by atoms with Crippen LogP contribution < -0.4 is 9.47 Å². The molecule has 1 unspecified atom stereocenters. The van der Waals surface area contributed by atoms with E-state index in [1.807, 2.05) is 35.2 Å². The van der Waals surface area contributed by atoms with Gasteiger partial charge in [-0.2, -0.15) is 0 Å². The van der Waals surface area contributed by atoms with Crippen molar-refractivity contribution in [2.75, 3.05) is 26.5 Å². The van der Waals surface area contributed by atoms with Crippen molar-refractivity contribution in [1.82, 2.24) is 4.90 Å². The summed E-state index contributed by atoms with van der Waals surface area (Å²) >= 11 is 1.76. The third-order valence-electron chi connectivity index (χ3n) is 4.84. The van der Waals surface area contributed by atoms with Gasteiger partial charge in [-0.15, -0.1) is 11.8 Å². The molecule has 5 heteroatoms. The molecule has 0 spiro atoms. The van der Waals surface area contributed by atoms with Gasteiger partial charge in [-0.1, -0.05) is 18.2 Å². The number of fused-ring (bicyclic) bond motifs is 1. The molecule has 1 atom stereocenters. The molecule has 3 rings (SSSR count). The number of carbonyl (C=O) groups excluding carboxylic acids is 1. The van der Waals surface area contributed by atoms with Crippen molar-refractivity contribution in [3.8, 4) is 11.5 Å². The molecule has 1 amide bonds. The molecule has 25 heavy (non-hydrogen) atoms. The Kier molecular flexibility index (Phi) is 5.23. The zero-order valence-electron chi connectivity index (χ0n) is 14.8. The Morgan fingerprint density at radius 2 is 1.84 bits per heavy atom. The van der Waals surface area contributed by atoms with E-state index < -0.39 is 5.54 Å². The Bertz CT molecular complexity index is 750. The summed E-state index contributed by atoms with van der Waals surface area (Å²) in [6.07, 6.45) is 1.78. The van der Waals surface area contributed by atoms with Crippen molar-refractivity contribution in [2.24, 2.45) is 0 Å². The number of hydrogen-bond acceptors (Lipinski definition) is 4. The number of nitrogens with zero attached hydrogens (tertiary/aromatic N) is 1. The van der Waals surface area contributed by atoms with Crippen LogP contribution in [0.4, 0.5) is 0 Å². The van der Waals surface area contributed by atoms with Crippen LogP contribution in [0.1, 0.15) is 18.1 Å². The number of methoxy groups -OCH3 is 2. The van der Waals surface area contributed by atoms with Crippen LogP contribution in [0, 0.1) is 0 Å². The Balaban J connectivity index is 1.99. The van der Waals surface area contributed by atoms with Crippen LogP contribution in [0.25, 0.3) is 0 Å². The van der Waals surface area contributed by atoms with Gasteiger partial charge in [0.2, 0.25) is 6.41 Å². The van der Waals surface area contributed by atoms with Crippen LogP contribution in [-0.2, 0) is 16.8 Å². The normalized spacial score (nSPS) is 19.2. The summed E-state index contributed by atoms with van der Waals surface area (Å²) in [7, 11) is 3.29. The van der Waals surface area contributed by atoms with Gasteiger partial charge in [0.25, 0.3) is 0 Å². The predicted octanol–water partition coefficient (Wildman–Crippen LogP) is 3.73. The monoisotopic (exact) mass is 357 g/mol. The Morgan fingerprint density at radius 1 is 1.16 bits per heavy atom. The van der Waals surface area contributed by atoms with E-state index in [0.717, 1.165) is 29.9 Å². The van der Waals surface area contributed by atoms with E-state index in [-0.39, 0.29) is 0 Å². The van der Waals surface area contributed by atoms with Gasteiger partial charge in [0.15, 0.2) is 11.5 Å². The molecule has 0 saturated carbocycles. The van der Waals surface area contributed by atoms with Gasteiger partial charge < -0.3 is 14.4 Å². The maximum atomic E-state index is 11.7. The summed E-state index contributed by atoms with van der Waals surface area (Å²) in [6.45, 7) is 2.83. The maximum absolute atomic E-state index is 11.7. The summed E-state index contributed by atoms with van der Waals surface area (Å²) in [5, 5.41) is 0. The second kappa shape index (κ2) is 7.40. The third kappa shape index (κ3) is 3.33. The largest absolute Gasteiger partial charge is 0.493 e. The zero-order chi connectivity index (χ0) is 17.9. The number of rotatable bonds is 6. The van der Waals surface area contributed by atoms with Crippen molar-refractivity contribution in [2.45, 2.75) is 23.8 Å². The molecule has 0 fully saturated rings. The summed E-state index contributed by atoms with van der Waals surface area (Å²) in [6, 6.07) is 14.3. The molecule has 0 radical (unpaired) electrons. The van der Waals surface area contributed by atoms with E-state index in [4.69, 9.17) is 9.47 Å². The molecule has 2 aromatic rings. The van der Waals surface area contributed by atoms with Crippen LogP contribution in [0.15, 0.2) is 47.4 Å². The minimum absolute atomic E-state index is 0.393. The summed E-state index contributed by atoms with van der Waals surface area (Å²) in [4.78, 5) is 14.8. The number of ether oxygens (including phenoxy) is 2. The average molecular weight is 357 g/mol. The number of amides is 1. The van der Waals surface area contributed by atoms with E-state index >= 15 is 0 Å². The lowest BCUT2D eigenvalue weighted by molar-refractivity contribution is -0.123. The van der Waals surface area contributed by atoms with Gasteiger partial charge in [0.05, 0.1) is 19.8 Å². The highest BCUT2D eigenvalue weighted by Gasteiger charge is 2.39. The first-order valence-electron chi connectivity index (χ1n) is 8.27. The minimum Gasteiger partial charge on any atom is -0.493 e. The molecule has 2 aromatic carbocycles. The highest BCUT2D eigenvalue weighted by Crippen LogP contribution is 2.43. The molecule has 0 aromatic heterocycles. The molecular formula is C20H23NO3S. The van der Waals surface area contributed by atoms with Crippen molar-refractivity contribution < 1.29 is 14.3 Å². The quantitative estimate of drug-likeness (QED) is 0.583. The number of hydrogen-bond donors (Lipinski definition) is 0. The van der Waals surface area contributed by atoms with E-state index in [9.17, 15) is 4.79 Å². The van der Waals surface area contributed by atoms with Crippen molar-refractivity contribution in [1.29, 1.82) is 0 Å². The maximum Gasteiger partial charge on any atom is 0.210 e. The van der Waals surface area contributed by atoms with E-state index in [1.165, 1.54) is 10.5 Å². The minimum atomic E-state index is -0.393. The van der Waals surface area contributed by atoms with Gasteiger partial charge in [0.1, 0.15) is 0 Å². The SMILES string of the molecule is COc1cc2c(cc1OC)C(C)(CSc1ccccc1)N(C=O)CC2. The summed E-state index contributed by atoms with van der Waals surface area (Å²) in [5.74, 6) is 2.21. The fourth-order valence-electron chi connectivity index (χ4n) is 3.34. The summed E-state index contributed by atoms with van der Waals surface area (Å²) in [5.41, 5.74) is 1.95. The van der Waals surface area contributed by atoms with Crippen LogP contribution in [-0.4, -0.2) is 37.8 Å². The number of thioether (sulfide) groups is 1. The standard InChI is InChI=1S/C20H23NO3S/c1-20(13-25-16-7-5-4-6-8-16)17-12-19(24-3)18(23-2)11-15(17)9-10-21(20)14-22/h4-8,11-12,14H,9-10,13H2,1-3H3. The van der Waals surface area contributed by atoms with Crippen LogP contribution in [0.5, 0.6) is 11.5 Å². The predicted molar refractivity (Wildman–Crippen MR) is 101 cm³/mol.